The van der Waals surface area contributed by atoms with E-state index in [4.69, 9.17) is 25.3 Å². The number of aliphatic hydroxyl groups is 2. The second-order valence-electron chi connectivity index (χ2n) is 9.50. The first-order chi connectivity index (χ1) is 19.3. The molecule has 0 fully saturated rings. The third-order valence-corrected chi connectivity index (χ3v) is 7.94. The fourth-order valence-electron chi connectivity index (χ4n) is 4.54. The summed E-state index contributed by atoms with van der Waals surface area (Å²) < 4.78 is 0. The number of hydrogen-bond donors (Lipinski definition) is 4. The second-order valence-corrected chi connectivity index (χ2v) is 10.4. The van der Waals surface area contributed by atoms with Crippen molar-refractivity contribution in [1.29, 1.82) is 0 Å². The van der Waals surface area contributed by atoms with E-state index >= 15 is 0 Å². The Labute approximate surface area is 266 Å². The molecule has 4 aromatic carbocycles. The van der Waals surface area contributed by atoms with Crippen LogP contribution in [0.4, 0.5) is 0 Å². The molecule has 4 atom stereocenters. The van der Waals surface area contributed by atoms with E-state index in [1.165, 1.54) is 10.8 Å². The minimum atomic E-state index is -0.747. The van der Waals surface area contributed by atoms with Crippen LogP contribution < -0.4 is 10.6 Å². The van der Waals surface area contributed by atoms with E-state index in [0.29, 0.717) is 0 Å². The minimum Gasteiger partial charge on any atom is -0.758 e. The molecular weight excluding hydrogens is 600 g/mol. The molecule has 0 aliphatic carbocycles. The van der Waals surface area contributed by atoms with Crippen molar-refractivity contribution in [3.63, 3.8) is 0 Å². The zero-order valence-electron chi connectivity index (χ0n) is 24.1. The van der Waals surface area contributed by atoms with E-state index in [0.717, 1.165) is 48.1 Å². The SMILES string of the molecule is CCN(CC)C([S-])NC(O)c1ccc2ccccc2c1.CCN(CC)C([S-])NC(O)c1ccc2ccccc2c1.[Cu+2]. The molecule has 225 valence electrons. The van der Waals surface area contributed by atoms with Crippen molar-refractivity contribution in [1.82, 2.24) is 20.4 Å². The average molecular weight is 642 g/mol. The Kier molecular flexibility index (Phi) is 15.7. The molecule has 4 N–H and O–H groups in total. The third kappa shape index (κ3) is 10.3. The topological polar surface area (TPSA) is 71.0 Å². The van der Waals surface area contributed by atoms with Gasteiger partial charge in [0.05, 0.1) is 0 Å². The zero-order chi connectivity index (χ0) is 29.1. The van der Waals surface area contributed by atoms with Crippen molar-refractivity contribution in [3.8, 4) is 0 Å². The molecule has 0 amide bonds. The summed E-state index contributed by atoms with van der Waals surface area (Å²) in [6.45, 7) is 11.7. The number of rotatable bonds is 12. The van der Waals surface area contributed by atoms with Gasteiger partial charge in [-0.1, -0.05) is 111 Å². The van der Waals surface area contributed by atoms with Crippen LogP contribution >= 0.6 is 0 Å². The Morgan fingerprint density at radius 3 is 1.20 bits per heavy atom. The van der Waals surface area contributed by atoms with E-state index in [1.807, 2.05) is 72.8 Å². The first-order valence-electron chi connectivity index (χ1n) is 14.0. The molecule has 0 bridgehead atoms. The maximum absolute atomic E-state index is 10.3. The maximum atomic E-state index is 10.3. The van der Waals surface area contributed by atoms with Gasteiger partial charge >= 0.3 is 17.1 Å². The maximum Gasteiger partial charge on any atom is 2.00 e. The standard InChI is InChI=1S/2C16H22N2OS.Cu/c2*1-3-18(4-2)16(20)17-15(19)14-10-9-12-7-5-6-8-13(12)11-14;/h2*5-11,15-17,19-20H,3-4H2,1-2H3;/q;;+2/p-2. The molecule has 0 aromatic heterocycles. The Morgan fingerprint density at radius 1 is 0.561 bits per heavy atom. The summed E-state index contributed by atoms with van der Waals surface area (Å²) in [5, 5.41) is 31.3. The normalized spacial score (nSPS) is 14.3. The molecule has 41 heavy (non-hydrogen) atoms. The van der Waals surface area contributed by atoms with Crippen LogP contribution in [0.15, 0.2) is 84.9 Å². The van der Waals surface area contributed by atoms with Gasteiger partial charge in [0.1, 0.15) is 12.5 Å². The second kappa shape index (κ2) is 18.1. The molecule has 4 rings (SSSR count). The molecule has 1 radical (unpaired) electrons. The van der Waals surface area contributed by atoms with Gasteiger partial charge in [-0.25, -0.2) is 0 Å². The smallest absolute Gasteiger partial charge is 0.758 e. The van der Waals surface area contributed by atoms with Crippen LogP contribution in [0.2, 0.25) is 0 Å². The van der Waals surface area contributed by atoms with Gasteiger partial charge in [-0.3, -0.25) is 10.6 Å². The third-order valence-electron chi connectivity index (χ3n) is 7.07. The summed E-state index contributed by atoms with van der Waals surface area (Å²) in [5.41, 5.74) is 1.13. The largest absolute Gasteiger partial charge is 2.00 e. The van der Waals surface area contributed by atoms with Crippen LogP contribution in [0.3, 0.4) is 0 Å². The predicted molar refractivity (Wildman–Crippen MR) is 172 cm³/mol. The fraction of sp³-hybridized carbons (Fsp3) is 0.375. The number of benzene rings is 4. The van der Waals surface area contributed by atoms with Crippen LogP contribution in [0.5, 0.6) is 0 Å². The molecule has 0 spiro atoms. The number of nitrogens with zero attached hydrogens (tertiary/aromatic N) is 2. The van der Waals surface area contributed by atoms with Crippen molar-refractivity contribution in [3.05, 3.63) is 96.1 Å². The summed E-state index contributed by atoms with van der Waals surface area (Å²) in [5.74, 6) is 0. The Balaban J connectivity index is 0.000000280. The first kappa shape index (κ1) is 35.6. The van der Waals surface area contributed by atoms with Gasteiger partial charge in [-0.15, -0.1) is 0 Å². The van der Waals surface area contributed by atoms with Crippen LogP contribution in [0, 0.1) is 0 Å². The average Bonchev–Trinajstić information content (AvgIpc) is 2.98. The molecule has 0 saturated heterocycles. The molecule has 0 aliphatic rings. The predicted octanol–water partition coefficient (Wildman–Crippen LogP) is 5.18. The minimum absolute atomic E-state index is 0. The molecule has 6 nitrogen and oxygen atoms in total. The summed E-state index contributed by atoms with van der Waals surface area (Å²) in [4.78, 5) is 4.17. The Hall–Kier alpha value is -1.62. The summed E-state index contributed by atoms with van der Waals surface area (Å²) in [6, 6.07) is 28.1. The molecule has 9 heteroatoms. The number of hydrogen-bond acceptors (Lipinski definition) is 8. The monoisotopic (exact) mass is 641 g/mol. The van der Waals surface area contributed by atoms with Gasteiger partial charge in [-0.2, -0.15) is 0 Å². The molecule has 0 heterocycles. The summed E-state index contributed by atoms with van der Waals surface area (Å²) in [6.07, 6.45) is -1.49. The van der Waals surface area contributed by atoms with Crippen LogP contribution in [0.25, 0.3) is 21.5 Å². The summed E-state index contributed by atoms with van der Waals surface area (Å²) in [7, 11) is 0. The first-order valence-corrected chi connectivity index (χ1v) is 14.9. The van der Waals surface area contributed by atoms with Crippen LogP contribution in [-0.2, 0) is 42.3 Å². The van der Waals surface area contributed by atoms with Crippen molar-refractivity contribution in [2.45, 2.75) is 51.1 Å². The van der Waals surface area contributed by atoms with E-state index in [9.17, 15) is 10.2 Å². The van der Waals surface area contributed by atoms with Crippen LogP contribution in [-0.4, -0.2) is 57.2 Å². The zero-order valence-corrected chi connectivity index (χ0v) is 26.7. The Morgan fingerprint density at radius 2 is 0.878 bits per heavy atom. The number of aliphatic hydroxyl groups excluding tert-OH is 2. The van der Waals surface area contributed by atoms with E-state index in [1.54, 1.807) is 0 Å². The van der Waals surface area contributed by atoms with Gasteiger partial charge < -0.3 is 45.3 Å². The van der Waals surface area contributed by atoms with Crippen molar-refractivity contribution >= 4 is 46.8 Å². The van der Waals surface area contributed by atoms with Crippen molar-refractivity contribution in [2.24, 2.45) is 0 Å². The molecule has 0 saturated carbocycles. The van der Waals surface area contributed by atoms with Crippen molar-refractivity contribution in [2.75, 3.05) is 26.2 Å². The van der Waals surface area contributed by atoms with Crippen molar-refractivity contribution < 1.29 is 27.3 Å². The number of nitrogens with one attached hydrogen (secondary N) is 2. The fourth-order valence-corrected chi connectivity index (χ4v) is 5.39. The molecule has 4 aromatic rings. The summed E-state index contributed by atoms with van der Waals surface area (Å²) >= 11 is 10.8. The van der Waals surface area contributed by atoms with Crippen LogP contribution in [0.1, 0.15) is 51.3 Å². The van der Waals surface area contributed by atoms with Gasteiger partial charge in [0.2, 0.25) is 0 Å². The van der Waals surface area contributed by atoms with Gasteiger partial charge in [0, 0.05) is 0 Å². The quantitative estimate of drug-likeness (QED) is 0.0959. The molecule has 0 aliphatic heterocycles. The van der Waals surface area contributed by atoms with Gasteiger partial charge in [-0.05, 0) is 71.0 Å². The number of fused-ring (bicyclic) bond motifs is 2. The van der Waals surface area contributed by atoms with E-state index in [-0.39, 0.29) is 28.1 Å². The van der Waals surface area contributed by atoms with Gasteiger partial charge in [0.25, 0.3) is 0 Å². The van der Waals surface area contributed by atoms with E-state index < -0.39 is 12.5 Å². The Bertz CT molecular complexity index is 1220. The molecular formula is C32H42CuN4O2S2. The molecule has 4 unspecified atom stereocenters. The van der Waals surface area contributed by atoms with Gasteiger partial charge in [0.15, 0.2) is 0 Å². The van der Waals surface area contributed by atoms with E-state index in [2.05, 4.69) is 60.3 Å².